The zero-order valence-corrected chi connectivity index (χ0v) is 22.9. The normalized spacial score (nSPS) is 17.5. The minimum atomic E-state index is -2.65. The highest BCUT2D eigenvalue weighted by Crippen LogP contribution is 2.37. The van der Waals surface area contributed by atoms with Gasteiger partial charge >= 0.3 is 0 Å². The molecule has 0 radical (unpaired) electrons. The molecule has 2 aromatic heterocycles. The molecule has 0 atom stereocenters. The van der Waals surface area contributed by atoms with Crippen LogP contribution in [-0.2, 0) is 7.05 Å². The van der Waals surface area contributed by atoms with Crippen molar-refractivity contribution in [3.63, 3.8) is 0 Å². The van der Waals surface area contributed by atoms with Crippen LogP contribution in [0.2, 0.25) is 0 Å². The molecule has 1 aromatic carbocycles. The van der Waals surface area contributed by atoms with E-state index in [4.69, 9.17) is 0 Å². The van der Waals surface area contributed by atoms with Gasteiger partial charge in [0.25, 0.3) is 6.43 Å². The fourth-order valence-electron chi connectivity index (χ4n) is 6.27. The van der Waals surface area contributed by atoms with E-state index in [1.54, 1.807) is 13.2 Å². The van der Waals surface area contributed by atoms with Crippen LogP contribution in [0.3, 0.4) is 0 Å². The summed E-state index contributed by atoms with van der Waals surface area (Å²) in [4.78, 5) is 9.72. The smallest absolute Gasteiger partial charge is 0.282 e. The Bertz CT molecular complexity index is 1340. The summed E-state index contributed by atoms with van der Waals surface area (Å²) in [5.41, 5.74) is 5.48. The average molecular weight is 520 g/mol. The predicted molar refractivity (Wildman–Crippen MR) is 151 cm³/mol. The van der Waals surface area contributed by atoms with Crippen LogP contribution < -0.4 is 0 Å². The van der Waals surface area contributed by atoms with Gasteiger partial charge in [0.15, 0.2) is 0 Å². The zero-order valence-electron chi connectivity index (χ0n) is 22.9. The van der Waals surface area contributed by atoms with Crippen molar-refractivity contribution < 1.29 is 8.78 Å². The fraction of sp³-hybridized carbons (Fsp3) is 0.484. The maximum atomic E-state index is 13.6. The largest absolute Gasteiger partial charge is 0.375 e. The number of aryl methyl sites for hydroxylation is 1. The van der Waals surface area contributed by atoms with Gasteiger partial charge in [0.2, 0.25) is 0 Å². The number of nitrogens with zero attached hydrogens (tertiary/aromatic N) is 5. The Morgan fingerprint density at radius 3 is 2.74 bits per heavy atom. The van der Waals surface area contributed by atoms with Crippen LogP contribution in [0, 0.1) is 0 Å². The third-order valence-electron chi connectivity index (χ3n) is 8.28. The first-order valence-corrected chi connectivity index (χ1v) is 13.9. The molecule has 202 valence electrons. The first-order valence-electron chi connectivity index (χ1n) is 13.9. The molecule has 0 bridgehead atoms. The molecule has 0 N–H and O–H groups in total. The minimum absolute atomic E-state index is 0.237. The highest BCUT2D eigenvalue weighted by molar-refractivity contribution is 5.98. The molecule has 3 aromatic rings. The van der Waals surface area contributed by atoms with E-state index in [2.05, 4.69) is 46.5 Å². The molecule has 3 heterocycles. The first kappa shape index (κ1) is 26.5. The Kier molecular flexibility index (Phi) is 7.93. The molecular weight excluding hydrogens is 480 g/mol. The van der Waals surface area contributed by atoms with Crippen molar-refractivity contribution in [2.45, 2.75) is 64.3 Å². The molecule has 5 nitrogen and oxygen atoms in total. The molecule has 0 amide bonds. The van der Waals surface area contributed by atoms with Crippen molar-refractivity contribution in [2.24, 2.45) is 7.05 Å². The van der Waals surface area contributed by atoms with E-state index < -0.39 is 6.43 Å². The van der Waals surface area contributed by atoms with Gasteiger partial charge in [-0.2, -0.15) is 5.10 Å². The number of hydrogen-bond acceptors (Lipinski definition) is 4. The van der Waals surface area contributed by atoms with Crippen LogP contribution >= 0.6 is 0 Å². The highest BCUT2D eigenvalue weighted by atomic mass is 19.3. The zero-order chi connectivity index (χ0) is 26.8. The number of halogens is 2. The van der Waals surface area contributed by atoms with Gasteiger partial charge in [-0.25, -0.2) is 8.78 Å². The fourth-order valence-corrected chi connectivity index (χ4v) is 6.27. The van der Waals surface area contributed by atoms with Gasteiger partial charge in [-0.15, -0.1) is 0 Å². The third kappa shape index (κ3) is 5.26. The maximum absolute atomic E-state index is 13.6. The number of hydrogen-bond donors (Lipinski definition) is 0. The van der Waals surface area contributed by atoms with Crippen LogP contribution in [0.5, 0.6) is 0 Å². The second kappa shape index (κ2) is 11.4. The summed E-state index contributed by atoms with van der Waals surface area (Å²) in [6, 6.07) is 8.65. The number of rotatable bonds is 8. The topological polar surface area (TPSA) is 37.2 Å². The first-order chi connectivity index (χ1) is 18.4. The van der Waals surface area contributed by atoms with Gasteiger partial charge in [0, 0.05) is 68.7 Å². The molecule has 1 aliphatic heterocycles. The van der Waals surface area contributed by atoms with Gasteiger partial charge in [-0.3, -0.25) is 14.6 Å². The van der Waals surface area contributed by atoms with Gasteiger partial charge in [-0.05, 0) is 54.0 Å². The Morgan fingerprint density at radius 2 is 2.00 bits per heavy atom. The number of fused-ring (bicyclic) bond motifs is 1. The summed E-state index contributed by atoms with van der Waals surface area (Å²) in [7, 11) is 3.93. The molecule has 0 unspecified atom stereocenters. The SMILES string of the molecule is C=C(C1=C(N(C)C2CCCCC2)CCN(CCC)C1)c1cccc2cc(-c3cn(C)nc3C(F)F)ncc12. The Labute approximate surface area is 224 Å². The number of aromatic nitrogens is 3. The lowest BCUT2D eigenvalue weighted by Crippen LogP contribution is -2.40. The lowest BCUT2D eigenvalue weighted by molar-refractivity contribution is 0.146. The minimum Gasteiger partial charge on any atom is -0.375 e. The van der Waals surface area contributed by atoms with Crippen molar-refractivity contribution in [1.29, 1.82) is 0 Å². The number of alkyl halides is 2. The Morgan fingerprint density at radius 1 is 1.21 bits per heavy atom. The monoisotopic (exact) mass is 519 g/mol. The Balaban J connectivity index is 1.54. The van der Waals surface area contributed by atoms with E-state index in [1.165, 1.54) is 48.1 Å². The van der Waals surface area contributed by atoms with Crippen molar-refractivity contribution in [2.75, 3.05) is 26.7 Å². The van der Waals surface area contributed by atoms with E-state index in [-0.39, 0.29) is 5.69 Å². The van der Waals surface area contributed by atoms with Crippen LogP contribution in [0.25, 0.3) is 27.6 Å². The van der Waals surface area contributed by atoms with Crippen LogP contribution in [-0.4, -0.2) is 57.3 Å². The predicted octanol–water partition coefficient (Wildman–Crippen LogP) is 7.22. The van der Waals surface area contributed by atoms with Crippen LogP contribution in [0.4, 0.5) is 8.78 Å². The molecule has 7 heteroatoms. The van der Waals surface area contributed by atoms with Crippen molar-refractivity contribution in [3.8, 4) is 11.3 Å². The van der Waals surface area contributed by atoms with Crippen molar-refractivity contribution in [3.05, 3.63) is 65.8 Å². The molecule has 1 saturated carbocycles. The summed E-state index contributed by atoms with van der Waals surface area (Å²) in [6.07, 6.45) is 9.41. The van der Waals surface area contributed by atoms with Crippen LogP contribution in [0.1, 0.15) is 69.6 Å². The Hall–Kier alpha value is -3.06. The van der Waals surface area contributed by atoms with E-state index in [0.29, 0.717) is 17.3 Å². The van der Waals surface area contributed by atoms with E-state index in [9.17, 15) is 8.78 Å². The van der Waals surface area contributed by atoms with Crippen molar-refractivity contribution >= 4 is 16.3 Å². The summed E-state index contributed by atoms with van der Waals surface area (Å²) in [5.74, 6) is 0. The second-order valence-electron chi connectivity index (χ2n) is 10.8. The van der Waals surface area contributed by atoms with Gasteiger partial charge in [-0.1, -0.05) is 51.0 Å². The molecule has 0 spiro atoms. The maximum Gasteiger partial charge on any atom is 0.282 e. The molecule has 2 aliphatic rings. The summed E-state index contributed by atoms with van der Waals surface area (Å²) >= 11 is 0. The summed E-state index contributed by atoms with van der Waals surface area (Å²) in [5, 5.41) is 5.91. The van der Waals surface area contributed by atoms with E-state index in [1.807, 2.05) is 24.4 Å². The van der Waals surface area contributed by atoms with Crippen LogP contribution in [0.15, 0.2) is 54.5 Å². The van der Waals surface area contributed by atoms with Gasteiger partial charge in [0.05, 0.1) is 5.69 Å². The lowest BCUT2D eigenvalue weighted by atomic mass is 9.88. The van der Waals surface area contributed by atoms with Crippen molar-refractivity contribution in [1.82, 2.24) is 24.6 Å². The number of benzene rings is 1. The van der Waals surface area contributed by atoms with Gasteiger partial charge < -0.3 is 4.90 Å². The summed E-state index contributed by atoms with van der Waals surface area (Å²) < 4.78 is 28.6. The lowest BCUT2D eigenvalue weighted by Gasteiger charge is -2.40. The molecule has 5 rings (SSSR count). The molecule has 1 fully saturated rings. The van der Waals surface area contributed by atoms with E-state index >= 15 is 0 Å². The summed E-state index contributed by atoms with van der Waals surface area (Å²) in [6.45, 7) is 9.93. The quantitative estimate of drug-likeness (QED) is 0.315. The van der Waals surface area contributed by atoms with Gasteiger partial charge in [0.1, 0.15) is 5.69 Å². The number of pyridine rings is 1. The highest BCUT2D eigenvalue weighted by Gasteiger charge is 2.28. The molecular formula is C31H39F2N5. The molecule has 0 saturated heterocycles. The molecule has 1 aliphatic carbocycles. The van der Waals surface area contributed by atoms with E-state index in [0.717, 1.165) is 54.4 Å². The second-order valence-corrected chi connectivity index (χ2v) is 10.8. The average Bonchev–Trinajstić information content (AvgIpc) is 3.34. The molecule has 38 heavy (non-hydrogen) atoms. The standard InChI is InChI=1S/C31H39F2N5/c1-5-15-38-16-14-29(37(4)23-11-7-6-8-12-23)26(20-38)21(2)24-13-9-10-22-17-28(34-18-25(22)24)27-19-36(3)35-30(27)31(32)33/h9-10,13,17-19,23,31H,2,5-8,11-12,14-16,20H2,1,3-4H3. The third-order valence-corrected chi connectivity index (χ3v) is 8.28.